The van der Waals surface area contributed by atoms with E-state index in [2.05, 4.69) is 332 Å². The Morgan fingerprint density at radius 3 is 1.17 bits per heavy atom. The van der Waals surface area contributed by atoms with E-state index >= 15 is 0 Å². The smallest absolute Gasteiger partial charge is 0.399 e. The van der Waals surface area contributed by atoms with Crippen LogP contribution in [0.1, 0.15) is 49.9 Å². The van der Waals surface area contributed by atoms with Crippen molar-refractivity contribution in [2.45, 2.75) is 51.7 Å². The van der Waals surface area contributed by atoms with Gasteiger partial charge in [0.15, 0.2) is 0 Å². The summed E-state index contributed by atoms with van der Waals surface area (Å²) in [6, 6.07) is 101. The zero-order valence-corrected chi connectivity index (χ0v) is 50.2. The summed E-state index contributed by atoms with van der Waals surface area (Å²) in [4.78, 5) is 0. The molecule has 1 fully saturated rings. The lowest BCUT2D eigenvalue weighted by molar-refractivity contribution is 0.00578. The first kappa shape index (κ1) is 53.4. The SMILES string of the molecule is Brc1ccc2c(c1)Cc1ccccc1-2.CC1(C)OB(c2ccc(-c3ccc4c(c3)c3ccccc3n4-c3ccccc3)cc2)OC1(C)C.c1ccc(-n2c3ccccc3c3cc(-c4ccc(-c5ccc6c(c5)Cc5ccccc5-6)cc4)ccc32)cc1. The molecule has 4 nitrogen and oxygen atoms in total. The zero-order chi connectivity index (χ0) is 58.1. The molecule has 0 unspecified atom stereocenters. The molecule has 2 aromatic heterocycles. The molecule has 0 amide bonds. The predicted octanol–water partition coefficient (Wildman–Crippen LogP) is 20.5. The normalized spacial score (nSPS) is 14.1. The lowest BCUT2D eigenvalue weighted by atomic mass is 9.78. The van der Waals surface area contributed by atoms with E-state index in [1.165, 1.54) is 137 Å². The molecule has 0 spiro atoms. The Labute approximate surface area is 511 Å². The molecule has 414 valence electrons. The van der Waals surface area contributed by atoms with Crippen LogP contribution in [0.5, 0.6) is 0 Å². The number of aromatic nitrogens is 2. The Hall–Kier alpha value is -9.30. The van der Waals surface area contributed by atoms with Crippen LogP contribution >= 0.6 is 15.9 Å². The highest BCUT2D eigenvalue weighted by Crippen LogP contribution is 2.42. The zero-order valence-electron chi connectivity index (χ0n) is 48.6. The molecule has 2 aliphatic carbocycles. The van der Waals surface area contributed by atoms with E-state index in [0.29, 0.717) is 0 Å². The number of halogens is 1. The van der Waals surface area contributed by atoms with Gasteiger partial charge in [-0.05, 0) is 197 Å². The summed E-state index contributed by atoms with van der Waals surface area (Å²) in [5.74, 6) is 0. The van der Waals surface area contributed by atoms with Crippen LogP contribution in [0.3, 0.4) is 0 Å². The van der Waals surface area contributed by atoms with Crippen molar-refractivity contribution >= 4 is 72.1 Å². The van der Waals surface area contributed by atoms with E-state index in [-0.39, 0.29) is 18.3 Å². The number of nitrogens with zero attached hydrogens (tertiary/aromatic N) is 2. The van der Waals surface area contributed by atoms with E-state index in [1.54, 1.807) is 0 Å². The van der Waals surface area contributed by atoms with Gasteiger partial charge in [0.25, 0.3) is 0 Å². The second-order valence-corrected chi connectivity index (χ2v) is 24.9. The molecule has 86 heavy (non-hydrogen) atoms. The van der Waals surface area contributed by atoms with Crippen LogP contribution in [0.15, 0.2) is 284 Å². The molecule has 14 aromatic rings. The molecule has 0 bridgehead atoms. The highest BCUT2D eigenvalue weighted by molar-refractivity contribution is 9.10. The van der Waals surface area contributed by atoms with Crippen molar-refractivity contribution in [1.29, 1.82) is 0 Å². The van der Waals surface area contributed by atoms with Gasteiger partial charge in [0.05, 0.1) is 33.3 Å². The molecule has 12 aromatic carbocycles. The van der Waals surface area contributed by atoms with Crippen LogP contribution in [0, 0.1) is 0 Å². The first-order valence-electron chi connectivity index (χ1n) is 29.8. The predicted molar refractivity (Wildman–Crippen MR) is 364 cm³/mol. The molecule has 0 radical (unpaired) electrons. The van der Waals surface area contributed by atoms with Crippen LogP contribution in [-0.4, -0.2) is 27.5 Å². The maximum absolute atomic E-state index is 6.22. The molecular formula is C80H62BBrN2O2. The molecular weight excluding hydrogens is 1110 g/mol. The first-order chi connectivity index (χ1) is 42.0. The molecule has 3 aliphatic rings. The fraction of sp³-hybridized carbons (Fsp3) is 0.100. The van der Waals surface area contributed by atoms with E-state index in [0.717, 1.165) is 18.3 Å². The minimum Gasteiger partial charge on any atom is -0.399 e. The van der Waals surface area contributed by atoms with Crippen LogP contribution in [-0.2, 0) is 22.2 Å². The highest BCUT2D eigenvalue weighted by Gasteiger charge is 2.51. The number of hydrogen-bond donors (Lipinski definition) is 0. The second kappa shape index (κ2) is 21.6. The highest BCUT2D eigenvalue weighted by atomic mass is 79.9. The van der Waals surface area contributed by atoms with Crippen molar-refractivity contribution in [3.8, 4) is 67.0 Å². The number of fused-ring (bicyclic) bond motifs is 12. The summed E-state index contributed by atoms with van der Waals surface area (Å²) in [6.45, 7) is 8.34. The van der Waals surface area contributed by atoms with Crippen LogP contribution < -0.4 is 5.46 Å². The number of para-hydroxylation sites is 4. The largest absolute Gasteiger partial charge is 0.494 e. The molecule has 6 heteroatoms. The Morgan fingerprint density at radius 1 is 0.314 bits per heavy atom. The molecule has 3 heterocycles. The van der Waals surface area contributed by atoms with Crippen LogP contribution in [0.4, 0.5) is 0 Å². The van der Waals surface area contributed by atoms with Gasteiger partial charge in [-0.25, -0.2) is 0 Å². The third kappa shape index (κ3) is 9.59. The summed E-state index contributed by atoms with van der Waals surface area (Å²) in [6.07, 6.45) is 2.10. The minimum absolute atomic E-state index is 0.339. The fourth-order valence-corrected chi connectivity index (χ4v) is 13.5. The van der Waals surface area contributed by atoms with Crippen molar-refractivity contribution in [2.75, 3.05) is 0 Å². The van der Waals surface area contributed by atoms with Gasteiger partial charge >= 0.3 is 7.12 Å². The van der Waals surface area contributed by atoms with E-state index in [1.807, 2.05) is 0 Å². The van der Waals surface area contributed by atoms with Crippen LogP contribution in [0.2, 0.25) is 0 Å². The number of benzene rings is 12. The van der Waals surface area contributed by atoms with Gasteiger partial charge in [-0.15, -0.1) is 0 Å². The standard InChI is InChI=1S/C37H25N.C30H28BNO2.C13H9Br/c1-2-9-31(10-3-1)38-36-13-7-6-12-34(36)35-24-28(19-21-37(35)38)26-16-14-25(15-17-26)27-18-20-33-30(22-27)23-29-8-4-5-11-32(29)33;1-29(2)30(3,4)34-31(33-29)23-17-14-21(15-18-23)22-16-19-28-26(20-22)25-12-8-9-13-27(25)32(28)24-10-6-5-7-11-24;14-11-5-6-13-10(8-11)7-9-3-1-2-4-12(9)13/h1-22,24H,23H2;5-20H,1-4H3;1-6,8H,7H2. The molecule has 17 rings (SSSR count). The Morgan fingerprint density at radius 2 is 0.674 bits per heavy atom. The van der Waals surface area contributed by atoms with Gasteiger partial charge in [-0.1, -0.05) is 222 Å². The molecule has 0 saturated carbocycles. The van der Waals surface area contributed by atoms with Gasteiger partial charge in [-0.2, -0.15) is 0 Å². The van der Waals surface area contributed by atoms with Crippen molar-refractivity contribution in [2.24, 2.45) is 0 Å². The molecule has 0 N–H and O–H groups in total. The topological polar surface area (TPSA) is 28.3 Å². The monoisotopic (exact) mass is 1170 g/mol. The summed E-state index contributed by atoms with van der Waals surface area (Å²) >= 11 is 3.51. The fourth-order valence-electron chi connectivity index (χ4n) is 13.1. The van der Waals surface area contributed by atoms with Crippen molar-refractivity contribution in [1.82, 2.24) is 9.13 Å². The summed E-state index contributed by atoms with van der Waals surface area (Å²) in [5, 5.41) is 5.08. The minimum atomic E-state index is -0.342. The first-order valence-corrected chi connectivity index (χ1v) is 30.6. The summed E-state index contributed by atoms with van der Waals surface area (Å²) < 4.78 is 18.3. The average molecular weight is 1170 g/mol. The maximum atomic E-state index is 6.22. The van der Waals surface area contributed by atoms with Crippen molar-refractivity contribution in [3.63, 3.8) is 0 Å². The Bertz CT molecular complexity index is 4870. The molecule has 1 saturated heterocycles. The van der Waals surface area contributed by atoms with E-state index < -0.39 is 0 Å². The van der Waals surface area contributed by atoms with Crippen molar-refractivity contribution < 1.29 is 9.31 Å². The quantitative estimate of drug-likeness (QED) is 0.155. The third-order valence-corrected chi connectivity index (χ3v) is 18.7. The van der Waals surface area contributed by atoms with Gasteiger partial charge < -0.3 is 18.4 Å². The molecule has 0 atom stereocenters. The van der Waals surface area contributed by atoms with Gasteiger partial charge in [0, 0.05) is 37.4 Å². The summed E-state index contributed by atoms with van der Waals surface area (Å²) in [7, 11) is -0.342. The number of rotatable bonds is 6. The van der Waals surface area contributed by atoms with E-state index in [4.69, 9.17) is 9.31 Å². The van der Waals surface area contributed by atoms with Gasteiger partial charge in [0.1, 0.15) is 0 Å². The maximum Gasteiger partial charge on any atom is 0.494 e. The average Bonchev–Trinajstić information content (AvgIpc) is 1.89. The number of hydrogen-bond acceptors (Lipinski definition) is 2. The third-order valence-electron chi connectivity index (χ3n) is 18.2. The van der Waals surface area contributed by atoms with Gasteiger partial charge in [-0.3, -0.25) is 0 Å². The summed E-state index contributed by atoms with van der Waals surface area (Å²) in [5.41, 5.74) is 26.3. The van der Waals surface area contributed by atoms with Gasteiger partial charge in [0.2, 0.25) is 0 Å². The molecule has 1 aliphatic heterocycles. The van der Waals surface area contributed by atoms with Crippen molar-refractivity contribution in [3.05, 3.63) is 306 Å². The lowest BCUT2D eigenvalue weighted by Gasteiger charge is -2.32. The second-order valence-electron chi connectivity index (χ2n) is 24.0. The Kier molecular flexibility index (Phi) is 13.4. The lowest BCUT2D eigenvalue weighted by Crippen LogP contribution is -2.41. The van der Waals surface area contributed by atoms with Crippen LogP contribution in [0.25, 0.3) is 111 Å². The van der Waals surface area contributed by atoms with E-state index in [9.17, 15) is 0 Å². The Balaban J connectivity index is 0.000000119.